The lowest BCUT2D eigenvalue weighted by Gasteiger charge is -2.57. The molecular formula is C57H45NS. The molecule has 4 aliphatic carbocycles. The van der Waals surface area contributed by atoms with Gasteiger partial charge in [-0.2, -0.15) is 0 Å². The summed E-state index contributed by atoms with van der Waals surface area (Å²) in [5.41, 5.74) is 14.9. The Morgan fingerprint density at radius 3 is 2.08 bits per heavy atom. The highest BCUT2D eigenvalue weighted by Gasteiger charge is 2.57. The van der Waals surface area contributed by atoms with Gasteiger partial charge in [-0.3, -0.25) is 0 Å². The normalized spacial score (nSPS) is 22.6. The summed E-state index contributed by atoms with van der Waals surface area (Å²) in [4.78, 5) is 2.51. The van der Waals surface area contributed by atoms with Crippen molar-refractivity contribution < 1.29 is 0 Å². The minimum absolute atomic E-state index is 0.167. The van der Waals surface area contributed by atoms with E-state index in [0.717, 1.165) is 29.4 Å². The van der Waals surface area contributed by atoms with Crippen molar-refractivity contribution >= 4 is 59.3 Å². The van der Waals surface area contributed by atoms with Crippen LogP contribution < -0.4 is 4.90 Å². The van der Waals surface area contributed by atoms with Crippen molar-refractivity contribution in [1.29, 1.82) is 0 Å². The van der Waals surface area contributed by atoms with E-state index in [2.05, 4.69) is 181 Å². The molecule has 3 bridgehead atoms. The maximum Gasteiger partial charge on any atom is 0.0555 e. The van der Waals surface area contributed by atoms with Crippen LogP contribution in [-0.4, -0.2) is 0 Å². The average Bonchev–Trinajstić information content (AvgIpc) is 3.81. The van der Waals surface area contributed by atoms with Gasteiger partial charge in [0.1, 0.15) is 0 Å². The molecule has 8 aromatic carbocycles. The van der Waals surface area contributed by atoms with Gasteiger partial charge in [-0.05, 0) is 148 Å². The first kappa shape index (κ1) is 34.0. The van der Waals surface area contributed by atoms with Crippen LogP contribution in [0.5, 0.6) is 0 Å². The number of nitrogens with zero attached hydrogens (tertiary/aromatic N) is 1. The van der Waals surface area contributed by atoms with Crippen LogP contribution in [0.1, 0.15) is 49.7 Å². The molecule has 2 heteroatoms. The summed E-state index contributed by atoms with van der Waals surface area (Å²) in [5, 5.41) is 5.15. The SMILES string of the molecule is c1ccc(-c2ccc(N(c3ccc(-c4ccc5c(c4)-c4ccccc4C54CC5CCC6CC5CC4C6)c4ccccc34)c3cccc4sc5ccccc5c34)cc2)cc1. The fraction of sp³-hybridized carbons (Fsp3) is 0.193. The summed E-state index contributed by atoms with van der Waals surface area (Å²) < 4.78 is 2.62. The van der Waals surface area contributed by atoms with Crippen molar-refractivity contribution in [3.8, 4) is 33.4 Å². The molecule has 0 amide bonds. The van der Waals surface area contributed by atoms with Gasteiger partial charge >= 0.3 is 0 Å². The number of rotatable bonds is 5. The smallest absolute Gasteiger partial charge is 0.0555 e. The van der Waals surface area contributed by atoms with Gasteiger partial charge in [-0.15, -0.1) is 11.3 Å². The van der Waals surface area contributed by atoms with E-state index in [1.54, 1.807) is 11.1 Å². The van der Waals surface area contributed by atoms with Gasteiger partial charge in [0, 0.05) is 36.7 Å². The Morgan fingerprint density at radius 1 is 0.458 bits per heavy atom. The molecular weight excluding hydrogens is 731 g/mol. The van der Waals surface area contributed by atoms with Gasteiger partial charge in [-0.1, -0.05) is 140 Å². The monoisotopic (exact) mass is 775 g/mol. The first-order valence-corrected chi connectivity index (χ1v) is 22.7. The number of hydrogen-bond donors (Lipinski definition) is 0. The molecule has 5 unspecified atom stereocenters. The minimum Gasteiger partial charge on any atom is -0.309 e. The van der Waals surface area contributed by atoms with E-state index in [1.807, 2.05) is 11.3 Å². The standard InChI is InChI=1S/C57H45NS/c1-2-11-37(12-3-1)38-23-26-43(27-24-38)58(53-18-10-20-55-56(53)48-16-7-9-19-54(48)59-55)52-30-28-44(45-13-4-5-15-47(45)52)39-25-29-51-49(34-39)46-14-6-8-17-50(46)57(51)35-40-22-21-36-31-41(40)33-42(57)32-36/h1-20,23-30,34,36,40-42H,21-22,31-33,35H2. The maximum atomic E-state index is 2.57. The quantitative estimate of drug-likeness (QED) is 0.168. The molecule has 1 spiro atoms. The molecule has 0 aliphatic heterocycles. The van der Waals surface area contributed by atoms with Crippen molar-refractivity contribution in [2.75, 3.05) is 4.90 Å². The summed E-state index contributed by atoms with van der Waals surface area (Å²) in [6, 6.07) is 66.6. The largest absolute Gasteiger partial charge is 0.309 e. The second-order valence-corrected chi connectivity index (χ2v) is 19.1. The maximum absolute atomic E-state index is 2.57. The number of thiophene rings is 1. The van der Waals surface area contributed by atoms with Crippen molar-refractivity contribution in [2.45, 2.75) is 43.9 Å². The lowest BCUT2D eigenvalue weighted by atomic mass is 9.47. The zero-order valence-electron chi connectivity index (χ0n) is 33.2. The van der Waals surface area contributed by atoms with E-state index >= 15 is 0 Å². The third-order valence-corrected chi connectivity index (χ3v) is 16.4. The lowest BCUT2D eigenvalue weighted by molar-refractivity contribution is -0.0103. The lowest BCUT2D eigenvalue weighted by Crippen LogP contribution is -2.50. The Morgan fingerprint density at radius 2 is 1.19 bits per heavy atom. The van der Waals surface area contributed by atoms with Crippen molar-refractivity contribution in [3.63, 3.8) is 0 Å². The van der Waals surface area contributed by atoms with E-state index in [4.69, 9.17) is 0 Å². The van der Waals surface area contributed by atoms with E-state index in [1.165, 1.54) is 114 Å². The zero-order valence-corrected chi connectivity index (χ0v) is 34.0. The molecule has 284 valence electrons. The fourth-order valence-corrected chi connectivity index (χ4v) is 13.9. The van der Waals surface area contributed by atoms with Crippen LogP contribution in [0.4, 0.5) is 17.1 Å². The predicted octanol–water partition coefficient (Wildman–Crippen LogP) is 16.1. The molecule has 0 saturated heterocycles. The van der Waals surface area contributed by atoms with Gasteiger partial charge in [-0.25, -0.2) is 0 Å². The second-order valence-electron chi connectivity index (χ2n) is 18.0. The number of fused-ring (bicyclic) bond motifs is 12. The molecule has 1 heterocycles. The fourth-order valence-electron chi connectivity index (χ4n) is 12.8. The number of anilines is 3. The van der Waals surface area contributed by atoms with Crippen LogP contribution in [-0.2, 0) is 5.41 Å². The van der Waals surface area contributed by atoms with Crippen molar-refractivity contribution in [1.82, 2.24) is 0 Å². The first-order valence-electron chi connectivity index (χ1n) is 21.8. The van der Waals surface area contributed by atoms with Gasteiger partial charge in [0.2, 0.25) is 0 Å². The van der Waals surface area contributed by atoms with Crippen molar-refractivity contribution in [3.05, 3.63) is 187 Å². The third kappa shape index (κ3) is 5.02. The van der Waals surface area contributed by atoms with Gasteiger partial charge in [0.05, 0.1) is 11.4 Å². The highest BCUT2D eigenvalue weighted by molar-refractivity contribution is 7.26. The molecule has 0 radical (unpaired) electrons. The Labute approximate surface area is 350 Å². The molecule has 3 fully saturated rings. The van der Waals surface area contributed by atoms with E-state index in [-0.39, 0.29) is 5.41 Å². The third-order valence-electron chi connectivity index (χ3n) is 15.2. The Kier molecular flexibility index (Phi) is 7.49. The van der Waals surface area contributed by atoms with Crippen LogP contribution >= 0.6 is 11.3 Å². The topological polar surface area (TPSA) is 3.24 Å². The molecule has 3 saturated carbocycles. The Bertz CT molecular complexity index is 3100. The highest BCUT2D eigenvalue weighted by Crippen LogP contribution is 2.66. The number of benzene rings is 8. The Balaban J connectivity index is 0.986. The molecule has 5 atom stereocenters. The minimum atomic E-state index is 0.167. The van der Waals surface area contributed by atoms with E-state index < -0.39 is 0 Å². The van der Waals surface area contributed by atoms with Crippen LogP contribution in [0.25, 0.3) is 64.3 Å². The Hall–Kier alpha value is -5.96. The van der Waals surface area contributed by atoms with Crippen LogP contribution in [0.2, 0.25) is 0 Å². The van der Waals surface area contributed by atoms with Crippen LogP contribution in [0.3, 0.4) is 0 Å². The van der Waals surface area contributed by atoms with Crippen LogP contribution in [0, 0.1) is 23.7 Å². The summed E-state index contributed by atoms with van der Waals surface area (Å²) in [5.74, 6) is 3.51. The van der Waals surface area contributed by atoms with E-state index in [0.29, 0.717) is 0 Å². The summed E-state index contributed by atoms with van der Waals surface area (Å²) in [7, 11) is 0. The molecule has 1 nitrogen and oxygen atoms in total. The average molecular weight is 776 g/mol. The first-order chi connectivity index (χ1) is 29.2. The molecule has 9 aromatic rings. The van der Waals surface area contributed by atoms with Crippen molar-refractivity contribution in [2.24, 2.45) is 23.7 Å². The van der Waals surface area contributed by atoms with Crippen LogP contribution in [0.15, 0.2) is 176 Å². The van der Waals surface area contributed by atoms with E-state index in [9.17, 15) is 0 Å². The van der Waals surface area contributed by atoms with Gasteiger partial charge < -0.3 is 4.90 Å². The summed E-state index contributed by atoms with van der Waals surface area (Å²) in [6.45, 7) is 0. The predicted molar refractivity (Wildman–Crippen MR) is 250 cm³/mol. The summed E-state index contributed by atoms with van der Waals surface area (Å²) >= 11 is 1.88. The molecule has 1 aromatic heterocycles. The van der Waals surface area contributed by atoms with Gasteiger partial charge in [0.15, 0.2) is 0 Å². The molecule has 13 rings (SSSR count). The second kappa shape index (κ2) is 13.0. The molecule has 4 aliphatic rings. The zero-order chi connectivity index (χ0) is 38.7. The molecule has 0 N–H and O–H groups in total. The molecule has 59 heavy (non-hydrogen) atoms. The summed E-state index contributed by atoms with van der Waals surface area (Å²) in [6.07, 6.45) is 8.55. The van der Waals surface area contributed by atoms with Gasteiger partial charge in [0.25, 0.3) is 0 Å². The number of hydrogen-bond acceptors (Lipinski definition) is 2. The highest BCUT2D eigenvalue weighted by atomic mass is 32.1.